The van der Waals surface area contributed by atoms with E-state index in [4.69, 9.17) is 4.18 Å². The van der Waals surface area contributed by atoms with E-state index in [0.717, 1.165) is 25.1 Å². The Hall–Kier alpha value is 0.558. The van der Waals surface area contributed by atoms with Crippen LogP contribution in [0.1, 0.15) is 38.5 Å². The molecule has 0 aromatic heterocycles. The van der Waals surface area contributed by atoms with Crippen LogP contribution in [0.25, 0.3) is 5.32 Å². The van der Waals surface area contributed by atoms with E-state index in [1.165, 1.54) is 32.1 Å². The topological polar surface area (TPSA) is 57.5 Å². The molecule has 0 bridgehead atoms. The summed E-state index contributed by atoms with van der Waals surface area (Å²) in [5.41, 5.74) is 0. The Balaban J connectivity index is 0. The van der Waals surface area contributed by atoms with Crippen LogP contribution in [0.5, 0.6) is 0 Å². The van der Waals surface area contributed by atoms with Gasteiger partial charge in [-0.3, -0.25) is 4.18 Å². The first kappa shape index (κ1) is 21.8. The molecule has 1 rings (SSSR count). The quantitative estimate of drug-likeness (QED) is 0.433. The van der Waals surface area contributed by atoms with Crippen LogP contribution in [0.3, 0.4) is 0 Å². The molecule has 0 radical (unpaired) electrons. The van der Waals surface area contributed by atoms with Gasteiger partial charge in [0.1, 0.15) is 0 Å². The van der Waals surface area contributed by atoms with Crippen molar-refractivity contribution in [3.63, 3.8) is 0 Å². The number of rotatable bonds is 7. The van der Waals surface area contributed by atoms with Gasteiger partial charge in [0, 0.05) is 0 Å². The van der Waals surface area contributed by atoms with E-state index in [-0.39, 0.29) is 28.5 Å². The SMILES string of the molecule is C[N-]CCC1CCC(CCOS(C)(=O)=O)CC1.[CH3-].[W+2]. The van der Waals surface area contributed by atoms with Crippen molar-refractivity contribution in [2.45, 2.75) is 38.5 Å². The first-order valence-corrected chi connectivity index (χ1v) is 8.23. The molecule has 1 fully saturated rings. The van der Waals surface area contributed by atoms with E-state index in [9.17, 15) is 8.42 Å². The standard InChI is InChI=1S/C12H24NO3S.CH3.W/c1-13-9-7-11-3-5-12(6-4-11)8-10-16-17(2,14)15;;/h11-12H,3-10H2,1-2H3;1H3;/q2*-1;+2. The van der Waals surface area contributed by atoms with E-state index < -0.39 is 10.1 Å². The summed E-state index contributed by atoms with van der Waals surface area (Å²) in [6, 6.07) is 0. The van der Waals surface area contributed by atoms with Crippen LogP contribution in [0.15, 0.2) is 0 Å². The third-order valence-electron chi connectivity index (χ3n) is 3.55. The molecule has 1 saturated carbocycles. The smallest absolute Gasteiger partial charge is 0.665 e. The van der Waals surface area contributed by atoms with Gasteiger partial charge < -0.3 is 12.7 Å². The van der Waals surface area contributed by atoms with E-state index in [2.05, 4.69) is 5.32 Å². The van der Waals surface area contributed by atoms with Crippen molar-refractivity contribution in [3.8, 4) is 0 Å². The molecule has 0 aliphatic heterocycles. The summed E-state index contributed by atoms with van der Waals surface area (Å²) in [5.74, 6) is 1.47. The summed E-state index contributed by atoms with van der Waals surface area (Å²) in [6.45, 7) is 1.32. The Kier molecular flexibility index (Phi) is 12.9. The van der Waals surface area contributed by atoms with Gasteiger partial charge in [-0.15, -0.1) is 6.54 Å². The van der Waals surface area contributed by atoms with Crippen molar-refractivity contribution >= 4 is 10.1 Å². The maximum absolute atomic E-state index is 10.8. The van der Waals surface area contributed by atoms with Crippen LogP contribution >= 0.6 is 0 Å². The molecule has 114 valence electrons. The third kappa shape index (κ3) is 10.9. The minimum absolute atomic E-state index is 0. The molecule has 4 nitrogen and oxygen atoms in total. The molecule has 0 aromatic rings. The Bertz CT molecular complexity index is 301. The van der Waals surface area contributed by atoms with Gasteiger partial charge in [-0.2, -0.15) is 15.5 Å². The van der Waals surface area contributed by atoms with Crippen molar-refractivity contribution in [2.24, 2.45) is 11.8 Å². The molecule has 1 aliphatic carbocycles. The zero-order valence-corrected chi connectivity index (χ0v) is 16.0. The molecule has 0 amide bonds. The largest absolute Gasteiger partial charge is 2.00 e. The summed E-state index contributed by atoms with van der Waals surface area (Å²) < 4.78 is 26.4. The van der Waals surface area contributed by atoms with Crippen LogP contribution < -0.4 is 0 Å². The molecular weight excluding hydrogens is 434 g/mol. The molecule has 6 heteroatoms. The zero-order chi connectivity index (χ0) is 12.7. The minimum Gasteiger partial charge on any atom is -0.665 e. The molecule has 0 unspecified atom stereocenters. The maximum Gasteiger partial charge on any atom is 2.00 e. The summed E-state index contributed by atoms with van der Waals surface area (Å²) in [7, 11) is -1.39. The van der Waals surface area contributed by atoms with Crippen molar-refractivity contribution in [1.29, 1.82) is 0 Å². The normalized spacial score (nSPS) is 23.3. The zero-order valence-electron chi connectivity index (χ0n) is 12.3. The second-order valence-corrected chi connectivity index (χ2v) is 6.67. The number of nitrogens with zero attached hydrogens (tertiary/aromatic N) is 1. The van der Waals surface area contributed by atoms with Crippen molar-refractivity contribution in [3.05, 3.63) is 12.7 Å². The summed E-state index contributed by atoms with van der Waals surface area (Å²) in [5, 5.41) is 4.14. The van der Waals surface area contributed by atoms with Crippen molar-refractivity contribution < 1.29 is 33.7 Å². The van der Waals surface area contributed by atoms with Crippen LogP contribution in [0, 0.1) is 19.3 Å². The molecule has 0 aromatic carbocycles. The molecule has 0 spiro atoms. The molecule has 19 heavy (non-hydrogen) atoms. The monoisotopic (exact) mass is 461 g/mol. The molecule has 1 aliphatic rings. The van der Waals surface area contributed by atoms with E-state index in [1.807, 2.05) is 7.05 Å². The van der Waals surface area contributed by atoms with Gasteiger partial charge in [0.05, 0.1) is 12.9 Å². The number of hydrogen-bond acceptors (Lipinski definition) is 3. The molecule has 0 saturated heterocycles. The molecular formula is C13H27NO3SW. The predicted molar refractivity (Wildman–Crippen MR) is 76.0 cm³/mol. The first-order valence-electron chi connectivity index (χ1n) is 6.41. The Labute approximate surface area is 133 Å². The van der Waals surface area contributed by atoms with Crippen molar-refractivity contribution in [1.82, 2.24) is 0 Å². The van der Waals surface area contributed by atoms with E-state index in [1.54, 1.807) is 0 Å². The third-order valence-corrected chi connectivity index (χ3v) is 4.15. The minimum atomic E-state index is -3.26. The maximum atomic E-state index is 10.8. The van der Waals surface area contributed by atoms with E-state index >= 15 is 0 Å². The first-order chi connectivity index (χ1) is 8.01. The van der Waals surface area contributed by atoms with Gasteiger partial charge >= 0.3 is 21.1 Å². The number of hydrogen-bond donors (Lipinski definition) is 0. The Morgan fingerprint density at radius 3 is 2.00 bits per heavy atom. The Morgan fingerprint density at radius 2 is 1.58 bits per heavy atom. The van der Waals surface area contributed by atoms with Crippen LogP contribution in [-0.2, 0) is 35.4 Å². The van der Waals surface area contributed by atoms with Gasteiger partial charge in [-0.1, -0.05) is 32.1 Å². The molecule has 0 atom stereocenters. The van der Waals surface area contributed by atoms with E-state index in [0.29, 0.717) is 12.5 Å². The van der Waals surface area contributed by atoms with Crippen LogP contribution in [0.2, 0.25) is 0 Å². The fourth-order valence-corrected chi connectivity index (χ4v) is 2.89. The van der Waals surface area contributed by atoms with Crippen LogP contribution in [0.4, 0.5) is 0 Å². The average Bonchev–Trinajstić information content (AvgIpc) is 2.26. The average molecular weight is 461 g/mol. The molecule has 0 heterocycles. The van der Waals surface area contributed by atoms with Gasteiger partial charge in [0.15, 0.2) is 0 Å². The fraction of sp³-hybridized carbons (Fsp3) is 0.923. The van der Waals surface area contributed by atoms with Gasteiger partial charge in [-0.05, 0) is 18.3 Å². The Morgan fingerprint density at radius 1 is 1.11 bits per heavy atom. The van der Waals surface area contributed by atoms with Crippen LogP contribution in [-0.4, -0.2) is 34.9 Å². The van der Waals surface area contributed by atoms with Crippen molar-refractivity contribution in [2.75, 3.05) is 26.5 Å². The van der Waals surface area contributed by atoms with Gasteiger partial charge in [0.25, 0.3) is 10.1 Å². The second kappa shape index (κ2) is 11.2. The predicted octanol–water partition coefficient (Wildman–Crippen LogP) is 3.00. The fourth-order valence-electron chi connectivity index (χ4n) is 2.49. The van der Waals surface area contributed by atoms with Gasteiger partial charge in [-0.25, -0.2) is 0 Å². The molecule has 0 N–H and O–H groups in total. The summed E-state index contributed by atoms with van der Waals surface area (Å²) in [6.07, 6.45) is 8.14. The second-order valence-electron chi connectivity index (χ2n) is 5.03. The summed E-state index contributed by atoms with van der Waals surface area (Å²) in [4.78, 5) is 0. The van der Waals surface area contributed by atoms with Gasteiger partial charge in [0.2, 0.25) is 0 Å². The summed E-state index contributed by atoms with van der Waals surface area (Å²) >= 11 is 0.